The first-order chi connectivity index (χ1) is 9.08. The number of primary amides is 1. The second-order valence-corrected chi connectivity index (χ2v) is 3.98. The summed E-state index contributed by atoms with van der Waals surface area (Å²) in [6, 6.07) is 13.6. The third kappa shape index (κ3) is 2.90. The van der Waals surface area contributed by atoms with E-state index in [1.165, 1.54) is 0 Å². The monoisotopic (exact) mass is 255 g/mol. The van der Waals surface area contributed by atoms with Gasteiger partial charge in [-0.3, -0.25) is 20.4 Å². The first-order valence-corrected chi connectivity index (χ1v) is 5.62. The third-order valence-corrected chi connectivity index (χ3v) is 2.65. The normalized spacial score (nSPS) is 9.89. The predicted octanol–water partition coefficient (Wildman–Crippen LogP) is 0.917. The Bertz CT molecular complexity index is 665. The van der Waals surface area contributed by atoms with Crippen LogP contribution < -0.4 is 16.6 Å². The Labute approximate surface area is 110 Å². The standard InChI is InChI=1S/C14H13N3O2/c1-9(16-17-14(19)13(15)18)11-7-6-10-4-2-3-5-12(10)8-11/h2-8,16H,1H2,(H2,15,18)(H,17,19). The van der Waals surface area contributed by atoms with Gasteiger partial charge in [0.2, 0.25) is 0 Å². The molecule has 0 saturated heterocycles. The van der Waals surface area contributed by atoms with Crippen LogP contribution in [0.4, 0.5) is 0 Å². The molecule has 2 aromatic carbocycles. The predicted molar refractivity (Wildman–Crippen MR) is 73.5 cm³/mol. The van der Waals surface area contributed by atoms with Crippen molar-refractivity contribution in [2.45, 2.75) is 0 Å². The summed E-state index contributed by atoms with van der Waals surface area (Å²) in [4.78, 5) is 21.6. The highest BCUT2D eigenvalue weighted by Crippen LogP contribution is 2.18. The maximum absolute atomic E-state index is 11.0. The Morgan fingerprint density at radius 2 is 1.68 bits per heavy atom. The first kappa shape index (κ1) is 12.6. The van der Waals surface area contributed by atoms with Crippen molar-refractivity contribution in [2.75, 3.05) is 0 Å². The molecule has 0 fully saturated rings. The number of carbonyl (C=O) groups is 2. The van der Waals surface area contributed by atoms with Gasteiger partial charge < -0.3 is 5.73 Å². The van der Waals surface area contributed by atoms with E-state index in [-0.39, 0.29) is 0 Å². The quantitative estimate of drug-likeness (QED) is 0.563. The molecular formula is C14H13N3O2. The van der Waals surface area contributed by atoms with Gasteiger partial charge in [0.15, 0.2) is 0 Å². The number of hydrazine groups is 1. The SMILES string of the molecule is C=C(NNC(=O)C(N)=O)c1ccc2ccccc2c1. The molecule has 4 N–H and O–H groups in total. The van der Waals surface area contributed by atoms with E-state index in [1.807, 2.05) is 42.5 Å². The summed E-state index contributed by atoms with van der Waals surface area (Å²) < 4.78 is 0. The van der Waals surface area contributed by atoms with Crippen molar-refractivity contribution >= 4 is 28.3 Å². The molecule has 0 aromatic heterocycles. The van der Waals surface area contributed by atoms with Crippen LogP contribution in [0.5, 0.6) is 0 Å². The Kier molecular flexibility index (Phi) is 3.47. The number of benzene rings is 2. The van der Waals surface area contributed by atoms with Gasteiger partial charge in [0.1, 0.15) is 0 Å². The van der Waals surface area contributed by atoms with Crippen molar-refractivity contribution in [1.29, 1.82) is 0 Å². The van der Waals surface area contributed by atoms with E-state index in [2.05, 4.69) is 17.4 Å². The molecule has 96 valence electrons. The zero-order valence-electron chi connectivity index (χ0n) is 10.1. The smallest absolute Gasteiger partial charge is 0.327 e. The van der Waals surface area contributed by atoms with Crippen LogP contribution >= 0.6 is 0 Å². The van der Waals surface area contributed by atoms with E-state index in [1.54, 1.807) is 0 Å². The number of amides is 2. The highest BCUT2D eigenvalue weighted by molar-refractivity contribution is 6.34. The fourth-order valence-electron chi connectivity index (χ4n) is 1.64. The number of nitrogens with one attached hydrogen (secondary N) is 2. The molecule has 0 heterocycles. The Morgan fingerprint density at radius 3 is 2.37 bits per heavy atom. The van der Waals surface area contributed by atoms with Crippen molar-refractivity contribution in [2.24, 2.45) is 5.73 Å². The van der Waals surface area contributed by atoms with Crippen LogP contribution in [0.2, 0.25) is 0 Å². The Morgan fingerprint density at radius 1 is 1.00 bits per heavy atom. The highest BCUT2D eigenvalue weighted by atomic mass is 16.2. The number of hydrogen-bond acceptors (Lipinski definition) is 3. The lowest BCUT2D eigenvalue weighted by atomic mass is 10.1. The summed E-state index contributed by atoms with van der Waals surface area (Å²) in [5.74, 6) is -1.97. The Balaban J connectivity index is 2.13. The molecule has 0 aliphatic heterocycles. The highest BCUT2D eigenvalue weighted by Gasteiger charge is 2.08. The molecule has 0 unspecified atom stereocenters. The second kappa shape index (κ2) is 5.22. The molecule has 5 nitrogen and oxygen atoms in total. The molecule has 2 rings (SSSR count). The van der Waals surface area contributed by atoms with Crippen LogP contribution in [-0.2, 0) is 9.59 Å². The molecule has 2 amide bonds. The fourth-order valence-corrected chi connectivity index (χ4v) is 1.64. The number of nitrogens with two attached hydrogens (primary N) is 1. The number of carbonyl (C=O) groups excluding carboxylic acids is 2. The summed E-state index contributed by atoms with van der Waals surface area (Å²) in [7, 11) is 0. The molecule has 2 aromatic rings. The molecule has 19 heavy (non-hydrogen) atoms. The third-order valence-electron chi connectivity index (χ3n) is 2.65. The van der Waals surface area contributed by atoms with E-state index in [4.69, 9.17) is 5.73 Å². The van der Waals surface area contributed by atoms with Crippen molar-refractivity contribution in [1.82, 2.24) is 10.9 Å². The zero-order valence-corrected chi connectivity index (χ0v) is 10.1. The molecule has 0 aliphatic rings. The van der Waals surface area contributed by atoms with Crippen molar-refractivity contribution < 1.29 is 9.59 Å². The van der Waals surface area contributed by atoms with Crippen LogP contribution in [0.1, 0.15) is 5.56 Å². The molecule has 0 atom stereocenters. The molecule has 0 spiro atoms. The van der Waals surface area contributed by atoms with Gasteiger partial charge in [-0.25, -0.2) is 0 Å². The summed E-state index contributed by atoms with van der Waals surface area (Å²) in [6.07, 6.45) is 0. The maximum atomic E-state index is 11.0. The Hall–Kier alpha value is -2.82. The lowest BCUT2D eigenvalue weighted by Crippen LogP contribution is -2.43. The number of fused-ring (bicyclic) bond motifs is 1. The maximum Gasteiger partial charge on any atom is 0.327 e. The van der Waals surface area contributed by atoms with E-state index in [9.17, 15) is 9.59 Å². The summed E-state index contributed by atoms with van der Waals surface area (Å²) >= 11 is 0. The minimum atomic E-state index is -1.06. The van der Waals surface area contributed by atoms with Gasteiger partial charge in [-0.05, 0) is 22.4 Å². The van der Waals surface area contributed by atoms with Gasteiger partial charge in [-0.15, -0.1) is 0 Å². The average Bonchev–Trinajstić information content (AvgIpc) is 2.43. The lowest BCUT2D eigenvalue weighted by Gasteiger charge is -2.10. The minimum Gasteiger partial charge on any atom is -0.361 e. The van der Waals surface area contributed by atoms with E-state index < -0.39 is 11.8 Å². The van der Waals surface area contributed by atoms with Crippen LogP contribution in [0.25, 0.3) is 16.5 Å². The van der Waals surface area contributed by atoms with Gasteiger partial charge in [0.05, 0.1) is 5.70 Å². The van der Waals surface area contributed by atoms with Gasteiger partial charge in [-0.1, -0.05) is 43.0 Å². The van der Waals surface area contributed by atoms with Gasteiger partial charge in [0.25, 0.3) is 0 Å². The molecule has 0 saturated carbocycles. The topological polar surface area (TPSA) is 84.2 Å². The molecule has 0 radical (unpaired) electrons. The van der Waals surface area contributed by atoms with Gasteiger partial charge in [0, 0.05) is 0 Å². The number of hydrogen-bond donors (Lipinski definition) is 3. The molecular weight excluding hydrogens is 242 g/mol. The second-order valence-electron chi connectivity index (χ2n) is 3.98. The molecule has 0 bridgehead atoms. The van der Waals surface area contributed by atoms with Crippen molar-refractivity contribution in [3.63, 3.8) is 0 Å². The lowest BCUT2D eigenvalue weighted by molar-refractivity contribution is -0.137. The van der Waals surface area contributed by atoms with Crippen LogP contribution in [0, 0.1) is 0 Å². The van der Waals surface area contributed by atoms with E-state index >= 15 is 0 Å². The minimum absolute atomic E-state index is 0.473. The summed E-state index contributed by atoms with van der Waals surface area (Å²) in [5.41, 5.74) is 10.8. The van der Waals surface area contributed by atoms with Gasteiger partial charge in [-0.2, -0.15) is 0 Å². The van der Waals surface area contributed by atoms with E-state index in [0.717, 1.165) is 16.3 Å². The van der Waals surface area contributed by atoms with Crippen molar-refractivity contribution in [3.8, 4) is 0 Å². The van der Waals surface area contributed by atoms with Crippen molar-refractivity contribution in [3.05, 3.63) is 54.6 Å². The van der Waals surface area contributed by atoms with Crippen LogP contribution in [0.15, 0.2) is 49.0 Å². The summed E-state index contributed by atoms with van der Waals surface area (Å²) in [5, 5.41) is 2.17. The molecule has 5 heteroatoms. The zero-order chi connectivity index (χ0) is 13.8. The number of rotatable bonds is 3. The molecule has 0 aliphatic carbocycles. The summed E-state index contributed by atoms with van der Waals surface area (Å²) in [6.45, 7) is 3.79. The van der Waals surface area contributed by atoms with Crippen LogP contribution in [0.3, 0.4) is 0 Å². The largest absolute Gasteiger partial charge is 0.361 e. The first-order valence-electron chi connectivity index (χ1n) is 5.62. The average molecular weight is 255 g/mol. The van der Waals surface area contributed by atoms with Gasteiger partial charge >= 0.3 is 11.8 Å². The van der Waals surface area contributed by atoms with E-state index in [0.29, 0.717) is 5.70 Å². The fraction of sp³-hybridized carbons (Fsp3) is 0. The van der Waals surface area contributed by atoms with Crippen LogP contribution in [-0.4, -0.2) is 11.8 Å².